The third-order valence-electron chi connectivity index (χ3n) is 5.32. The number of nitrogens with zero attached hydrogens (tertiary/aromatic N) is 3. The molecule has 1 amide bonds. The number of rotatable bonds is 2. The molecule has 142 valence electrons. The molecule has 2 heterocycles. The number of piperidine rings is 1. The zero-order valence-electron chi connectivity index (χ0n) is 15.7. The van der Waals surface area contributed by atoms with Crippen LogP contribution in [0.1, 0.15) is 40.0 Å². The van der Waals surface area contributed by atoms with Crippen LogP contribution in [0.25, 0.3) is 0 Å². The van der Waals surface area contributed by atoms with Crippen LogP contribution in [0.3, 0.4) is 0 Å². The number of benzene rings is 1. The largest absolute Gasteiger partial charge is 0.444 e. The summed E-state index contributed by atoms with van der Waals surface area (Å²) in [5, 5.41) is 11.0. The van der Waals surface area contributed by atoms with Crippen molar-refractivity contribution in [1.29, 1.82) is 0 Å². The molecular weight excluding hydrogens is 334 g/mol. The number of hydrogen-bond acceptors (Lipinski definition) is 5. The number of hydrogen-bond donors (Lipinski definition) is 0. The Balaban J connectivity index is 1.59. The number of anilines is 1. The Hall–Kier alpha value is -2.31. The van der Waals surface area contributed by atoms with Gasteiger partial charge >= 0.3 is 6.09 Å². The first-order valence-electron chi connectivity index (χ1n) is 9.15. The van der Waals surface area contributed by atoms with E-state index in [1.807, 2.05) is 31.7 Å². The summed E-state index contributed by atoms with van der Waals surface area (Å²) in [7, 11) is 0. The Labute approximate surface area is 154 Å². The van der Waals surface area contributed by atoms with E-state index < -0.39 is 5.60 Å². The van der Waals surface area contributed by atoms with E-state index in [1.165, 1.54) is 6.07 Å². The van der Waals surface area contributed by atoms with Gasteiger partial charge in [0, 0.05) is 44.0 Å². The highest BCUT2D eigenvalue weighted by atomic mass is 16.6. The van der Waals surface area contributed by atoms with Crippen LogP contribution < -0.4 is 4.90 Å². The van der Waals surface area contributed by atoms with Crippen LogP contribution in [0.15, 0.2) is 24.3 Å². The molecule has 0 aliphatic carbocycles. The van der Waals surface area contributed by atoms with E-state index in [0.717, 1.165) is 51.1 Å². The smallest absolute Gasteiger partial charge is 0.410 e. The topological polar surface area (TPSA) is 75.9 Å². The zero-order valence-corrected chi connectivity index (χ0v) is 15.7. The zero-order chi connectivity index (χ0) is 18.9. The van der Waals surface area contributed by atoms with Crippen molar-refractivity contribution in [3.63, 3.8) is 0 Å². The number of amides is 1. The molecule has 0 aromatic heterocycles. The second-order valence-electron chi connectivity index (χ2n) is 8.42. The number of carbonyl (C=O) groups is 1. The van der Waals surface area contributed by atoms with Crippen molar-refractivity contribution in [3.05, 3.63) is 34.4 Å². The van der Waals surface area contributed by atoms with Gasteiger partial charge in [-0.2, -0.15) is 0 Å². The lowest BCUT2D eigenvalue weighted by Gasteiger charge is -2.40. The van der Waals surface area contributed by atoms with Crippen LogP contribution in [0.5, 0.6) is 0 Å². The highest BCUT2D eigenvalue weighted by Crippen LogP contribution is 2.41. The molecule has 0 unspecified atom stereocenters. The van der Waals surface area contributed by atoms with Gasteiger partial charge in [0.1, 0.15) is 5.60 Å². The van der Waals surface area contributed by atoms with Crippen molar-refractivity contribution < 1.29 is 14.5 Å². The highest BCUT2D eigenvalue weighted by molar-refractivity contribution is 5.68. The van der Waals surface area contributed by atoms with Crippen LogP contribution in [0.4, 0.5) is 16.2 Å². The molecule has 0 radical (unpaired) electrons. The molecule has 26 heavy (non-hydrogen) atoms. The van der Waals surface area contributed by atoms with Crippen molar-refractivity contribution in [2.75, 3.05) is 31.1 Å². The molecule has 2 aliphatic heterocycles. The molecule has 7 nitrogen and oxygen atoms in total. The minimum atomic E-state index is -0.474. The van der Waals surface area contributed by atoms with Gasteiger partial charge in [0.2, 0.25) is 0 Å². The average Bonchev–Trinajstić information content (AvgIpc) is 2.98. The fourth-order valence-corrected chi connectivity index (χ4v) is 3.87. The molecule has 0 saturated carbocycles. The minimum Gasteiger partial charge on any atom is -0.444 e. The van der Waals surface area contributed by atoms with Gasteiger partial charge in [-0.1, -0.05) is 6.07 Å². The third-order valence-corrected chi connectivity index (χ3v) is 5.32. The fourth-order valence-electron chi connectivity index (χ4n) is 3.87. The molecule has 2 fully saturated rings. The Kier molecular flexibility index (Phi) is 4.82. The normalized spacial score (nSPS) is 19.7. The summed E-state index contributed by atoms with van der Waals surface area (Å²) in [6.07, 6.45) is 2.73. The number of nitro groups is 1. The number of nitro benzene ring substituents is 1. The average molecular weight is 361 g/mol. The van der Waals surface area contributed by atoms with Gasteiger partial charge in [0.25, 0.3) is 5.69 Å². The summed E-state index contributed by atoms with van der Waals surface area (Å²) in [4.78, 5) is 27.0. The number of ether oxygens (including phenoxy) is 1. The molecule has 2 aliphatic rings. The molecule has 2 saturated heterocycles. The Morgan fingerprint density at radius 3 is 2.46 bits per heavy atom. The summed E-state index contributed by atoms with van der Waals surface area (Å²) in [6, 6.07) is 6.81. The van der Waals surface area contributed by atoms with Crippen LogP contribution >= 0.6 is 0 Å². The number of carbonyl (C=O) groups excluding carboxylic acids is 1. The summed E-state index contributed by atoms with van der Waals surface area (Å²) in [5.41, 5.74) is 0.697. The molecule has 1 aromatic rings. The number of non-ortho nitro benzene ring substituents is 1. The summed E-state index contributed by atoms with van der Waals surface area (Å²) < 4.78 is 5.49. The summed E-state index contributed by atoms with van der Waals surface area (Å²) >= 11 is 0. The van der Waals surface area contributed by atoms with Gasteiger partial charge in [0.05, 0.1) is 4.92 Å². The molecule has 0 bridgehead atoms. The fraction of sp³-hybridized carbons (Fsp3) is 0.632. The summed E-state index contributed by atoms with van der Waals surface area (Å²) in [5.74, 6) is 0. The maximum atomic E-state index is 12.3. The highest BCUT2D eigenvalue weighted by Gasteiger charge is 2.43. The lowest BCUT2D eigenvalue weighted by Crippen LogP contribution is -2.43. The lowest BCUT2D eigenvalue weighted by atomic mass is 9.77. The molecule has 0 atom stereocenters. The van der Waals surface area contributed by atoms with E-state index in [9.17, 15) is 14.9 Å². The van der Waals surface area contributed by atoms with E-state index in [-0.39, 0.29) is 22.1 Å². The predicted molar refractivity (Wildman–Crippen MR) is 99.4 cm³/mol. The number of likely N-dealkylation sites (tertiary alicyclic amines) is 1. The molecular formula is C19H27N3O4. The van der Waals surface area contributed by atoms with Gasteiger partial charge in [-0.25, -0.2) is 4.79 Å². The molecule has 0 N–H and O–H groups in total. The SMILES string of the molecule is CC(C)(C)OC(=O)N1CCC2(CCN(c3cccc([N+](=O)[O-])c3)CC2)C1. The van der Waals surface area contributed by atoms with E-state index in [2.05, 4.69) is 4.90 Å². The van der Waals surface area contributed by atoms with E-state index >= 15 is 0 Å². The molecule has 7 heteroatoms. The van der Waals surface area contributed by atoms with Crippen LogP contribution in [-0.4, -0.2) is 47.7 Å². The predicted octanol–water partition coefficient (Wildman–Crippen LogP) is 3.82. The van der Waals surface area contributed by atoms with Gasteiger partial charge < -0.3 is 14.5 Å². The Morgan fingerprint density at radius 2 is 1.85 bits per heavy atom. The summed E-state index contributed by atoms with van der Waals surface area (Å²) in [6.45, 7) is 8.83. The third kappa shape index (κ3) is 4.08. The maximum Gasteiger partial charge on any atom is 0.410 e. The van der Waals surface area contributed by atoms with Crippen LogP contribution in [0.2, 0.25) is 0 Å². The Bertz CT molecular complexity index is 690. The quantitative estimate of drug-likeness (QED) is 0.591. The van der Waals surface area contributed by atoms with Crippen molar-refractivity contribution in [2.45, 2.75) is 45.6 Å². The van der Waals surface area contributed by atoms with E-state index in [4.69, 9.17) is 4.74 Å². The molecule has 1 spiro atoms. The van der Waals surface area contributed by atoms with Gasteiger partial charge in [0.15, 0.2) is 0 Å². The minimum absolute atomic E-state index is 0.125. The van der Waals surface area contributed by atoms with Crippen LogP contribution in [0, 0.1) is 15.5 Å². The second-order valence-corrected chi connectivity index (χ2v) is 8.42. The van der Waals surface area contributed by atoms with Crippen molar-refractivity contribution in [3.8, 4) is 0 Å². The maximum absolute atomic E-state index is 12.3. The standard InChI is InChI=1S/C19H27N3O4/c1-18(2,3)26-17(23)21-12-9-19(14-21)7-10-20(11-8-19)15-5-4-6-16(13-15)22(24)25/h4-6,13H,7-12,14H2,1-3H3. The van der Waals surface area contributed by atoms with Gasteiger partial charge in [-0.3, -0.25) is 10.1 Å². The van der Waals surface area contributed by atoms with Crippen molar-refractivity contribution in [1.82, 2.24) is 4.90 Å². The van der Waals surface area contributed by atoms with E-state index in [1.54, 1.807) is 12.1 Å². The first-order chi connectivity index (χ1) is 12.2. The first kappa shape index (κ1) is 18.5. The molecule has 3 rings (SSSR count). The van der Waals surface area contributed by atoms with E-state index in [0.29, 0.717) is 0 Å². The molecule has 1 aromatic carbocycles. The van der Waals surface area contributed by atoms with Gasteiger partial charge in [-0.05, 0) is 51.5 Å². The van der Waals surface area contributed by atoms with Gasteiger partial charge in [-0.15, -0.1) is 0 Å². The monoisotopic (exact) mass is 361 g/mol. The lowest BCUT2D eigenvalue weighted by molar-refractivity contribution is -0.384. The second kappa shape index (κ2) is 6.78. The van der Waals surface area contributed by atoms with Crippen molar-refractivity contribution >= 4 is 17.5 Å². The van der Waals surface area contributed by atoms with Crippen LogP contribution in [-0.2, 0) is 4.74 Å². The first-order valence-corrected chi connectivity index (χ1v) is 9.15. The van der Waals surface area contributed by atoms with Crippen molar-refractivity contribution in [2.24, 2.45) is 5.41 Å². The Morgan fingerprint density at radius 1 is 1.19 bits per heavy atom.